The van der Waals surface area contributed by atoms with E-state index in [0.717, 1.165) is 47.1 Å². The van der Waals surface area contributed by atoms with E-state index in [2.05, 4.69) is 25.7 Å². The predicted octanol–water partition coefficient (Wildman–Crippen LogP) is 3.40. The molecule has 7 nitrogen and oxygen atoms in total. The number of pyridine rings is 1. The number of amides is 1. The molecule has 7 heteroatoms. The van der Waals surface area contributed by atoms with Gasteiger partial charge in [-0.1, -0.05) is 18.2 Å². The largest absolute Gasteiger partial charge is 0.368 e. The van der Waals surface area contributed by atoms with Gasteiger partial charge in [-0.3, -0.25) is 9.78 Å². The number of hydrogen-bond donors (Lipinski definition) is 2. The van der Waals surface area contributed by atoms with Crippen LogP contribution in [0.4, 0.5) is 11.5 Å². The number of nitrogens with one attached hydrogen (secondary N) is 2. The SMILES string of the molecule is CC(=O)Nc1cccc(-c2cnc3ccc(NCCc4ccccn4)nn23)c1. The van der Waals surface area contributed by atoms with Crippen LogP contribution in [0.3, 0.4) is 0 Å². The summed E-state index contributed by atoms with van der Waals surface area (Å²) in [6.45, 7) is 2.23. The Labute approximate surface area is 162 Å². The zero-order valence-electron chi connectivity index (χ0n) is 15.5. The normalized spacial score (nSPS) is 10.8. The lowest BCUT2D eigenvalue weighted by molar-refractivity contribution is -0.114. The van der Waals surface area contributed by atoms with Crippen LogP contribution in [0.25, 0.3) is 16.9 Å². The molecule has 0 bridgehead atoms. The van der Waals surface area contributed by atoms with Crippen LogP contribution in [0.15, 0.2) is 67.0 Å². The zero-order valence-corrected chi connectivity index (χ0v) is 15.5. The standard InChI is InChI=1S/C21H20N6O/c1-15(28)25-18-7-4-5-16(13-18)19-14-24-21-9-8-20(26-27(19)21)23-12-10-17-6-2-3-11-22-17/h2-9,11,13-14H,10,12H2,1H3,(H,23,26)(H,25,28). The van der Waals surface area contributed by atoms with E-state index in [1.54, 1.807) is 16.9 Å². The van der Waals surface area contributed by atoms with Gasteiger partial charge in [0.15, 0.2) is 5.65 Å². The van der Waals surface area contributed by atoms with Gasteiger partial charge in [0.25, 0.3) is 0 Å². The summed E-state index contributed by atoms with van der Waals surface area (Å²) < 4.78 is 1.80. The lowest BCUT2D eigenvalue weighted by Gasteiger charge is -2.08. The number of rotatable bonds is 6. The van der Waals surface area contributed by atoms with E-state index < -0.39 is 0 Å². The van der Waals surface area contributed by atoms with Gasteiger partial charge in [0.2, 0.25) is 5.91 Å². The van der Waals surface area contributed by atoms with E-state index in [0.29, 0.717) is 0 Å². The molecule has 0 unspecified atom stereocenters. The van der Waals surface area contributed by atoms with Crippen LogP contribution in [0, 0.1) is 0 Å². The third-order valence-electron chi connectivity index (χ3n) is 4.25. The Kier molecular flexibility index (Phi) is 4.97. The highest BCUT2D eigenvalue weighted by atomic mass is 16.1. The third kappa shape index (κ3) is 3.98. The monoisotopic (exact) mass is 372 g/mol. The van der Waals surface area contributed by atoms with Crippen molar-refractivity contribution >= 4 is 23.1 Å². The molecule has 1 aromatic carbocycles. The number of fused-ring (bicyclic) bond motifs is 1. The van der Waals surface area contributed by atoms with Gasteiger partial charge in [-0.15, -0.1) is 5.10 Å². The van der Waals surface area contributed by atoms with Crippen molar-refractivity contribution in [1.29, 1.82) is 0 Å². The van der Waals surface area contributed by atoms with Gasteiger partial charge in [0.05, 0.1) is 11.9 Å². The first-order valence-electron chi connectivity index (χ1n) is 9.06. The summed E-state index contributed by atoms with van der Waals surface area (Å²) in [5.74, 6) is 0.661. The second-order valence-electron chi connectivity index (χ2n) is 6.39. The number of carbonyl (C=O) groups is 1. The second-order valence-corrected chi connectivity index (χ2v) is 6.39. The van der Waals surface area contributed by atoms with Crippen molar-refractivity contribution < 1.29 is 4.79 Å². The molecule has 0 fully saturated rings. The van der Waals surface area contributed by atoms with Crippen LogP contribution in [0.1, 0.15) is 12.6 Å². The van der Waals surface area contributed by atoms with Crippen LogP contribution in [0.5, 0.6) is 0 Å². The van der Waals surface area contributed by atoms with Gasteiger partial charge in [-0.05, 0) is 36.4 Å². The maximum atomic E-state index is 11.3. The molecule has 0 aliphatic carbocycles. The molecule has 3 heterocycles. The smallest absolute Gasteiger partial charge is 0.221 e. The van der Waals surface area contributed by atoms with Crippen molar-refractivity contribution in [3.8, 4) is 11.3 Å². The van der Waals surface area contributed by atoms with Gasteiger partial charge >= 0.3 is 0 Å². The van der Waals surface area contributed by atoms with Crippen LogP contribution in [-0.4, -0.2) is 32.0 Å². The highest BCUT2D eigenvalue weighted by molar-refractivity contribution is 5.89. The van der Waals surface area contributed by atoms with Crippen molar-refractivity contribution in [2.45, 2.75) is 13.3 Å². The van der Waals surface area contributed by atoms with Crippen LogP contribution >= 0.6 is 0 Å². The molecule has 3 aromatic heterocycles. The van der Waals surface area contributed by atoms with Crippen molar-refractivity contribution in [2.75, 3.05) is 17.2 Å². The van der Waals surface area contributed by atoms with E-state index in [1.807, 2.05) is 54.6 Å². The summed E-state index contributed by atoms with van der Waals surface area (Å²) in [4.78, 5) is 20.1. The fraction of sp³-hybridized carbons (Fsp3) is 0.143. The summed E-state index contributed by atoms with van der Waals surface area (Å²) >= 11 is 0. The minimum absolute atomic E-state index is 0.104. The topological polar surface area (TPSA) is 84.2 Å². The molecule has 0 atom stereocenters. The number of benzene rings is 1. The van der Waals surface area contributed by atoms with E-state index >= 15 is 0 Å². The van der Waals surface area contributed by atoms with Crippen molar-refractivity contribution in [2.24, 2.45) is 0 Å². The molecular weight excluding hydrogens is 352 g/mol. The fourth-order valence-electron chi connectivity index (χ4n) is 2.99. The molecule has 0 aliphatic rings. The Hall–Kier alpha value is -3.74. The Morgan fingerprint density at radius 2 is 2.00 bits per heavy atom. The third-order valence-corrected chi connectivity index (χ3v) is 4.25. The Morgan fingerprint density at radius 1 is 1.07 bits per heavy atom. The minimum atomic E-state index is -0.104. The van der Waals surface area contributed by atoms with Gasteiger partial charge in [0.1, 0.15) is 5.82 Å². The Balaban J connectivity index is 1.55. The zero-order chi connectivity index (χ0) is 19.3. The highest BCUT2D eigenvalue weighted by Gasteiger charge is 2.09. The van der Waals surface area contributed by atoms with E-state index in [-0.39, 0.29) is 5.91 Å². The van der Waals surface area contributed by atoms with E-state index in [4.69, 9.17) is 0 Å². The summed E-state index contributed by atoms with van der Waals surface area (Å²) in [7, 11) is 0. The van der Waals surface area contributed by atoms with Gasteiger partial charge in [0, 0.05) is 43.0 Å². The molecule has 0 saturated carbocycles. The Bertz CT molecular complexity index is 1110. The molecule has 1 amide bonds. The quantitative estimate of drug-likeness (QED) is 0.542. The predicted molar refractivity (Wildman–Crippen MR) is 109 cm³/mol. The Morgan fingerprint density at radius 3 is 2.82 bits per heavy atom. The maximum Gasteiger partial charge on any atom is 0.221 e. The summed E-state index contributed by atoms with van der Waals surface area (Å²) in [6.07, 6.45) is 4.40. The van der Waals surface area contributed by atoms with Crippen molar-refractivity contribution in [3.05, 3.63) is 72.7 Å². The van der Waals surface area contributed by atoms with Gasteiger partial charge in [-0.2, -0.15) is 0 Å². The highest BCUT2D eigenvalue weighted by Crippen LogP contribution is 2.23. The molecular formula is C21H20N6O. The number of nitrogens with zero attached hydrogens (tertiary/aromatic N) is 4. The lowest BCUT2D eigenvalue weighted by atomic mass is 10.1. The average molecular weight is 372 g/mol. The molecule has 0 radical (unpaired) electrons. The van der Waals surface area contributed by atoms with Crippen LogP contribution in [0.2, 0.25) is 0 Å². The summed E-state index contributed by atoms with van der Waals surface area (Å²) in [5, 5.41) is 10.8. The molecule has 0 saturated heterocycles. The molecule has 2 N–H and O–H groups in total. The molecule has 28 heavy (non-hydrogen) atoms. The number of imidazole rings is 1. The lowest BCUT2D eigenvalue weighted by Crippen LogP contribution is -2.09. The number of anilines is 2. The molecule has 0 aliphatic heterocycles. The van der Waals surface area contributed by atoms with E-state index in [1.165, 1.54) is 6.92 Å². The fourth-order valence-corrected chi connectivity index (χ4v) is 2.99. The first-order chi connectivity index (χ1) is 13.7. The van der Waals surface area contributed by atoms with E-state index in [9.17, 15) is 4.79 Å². The van der Waals surface area contributed by atoms with Gasteiger partial charge < -0.3 is 10.6 Å². The van der Waals surface area contributed by atoms with Crippen LogP contribution in [-0.2, 0) is 11.2 Å². The van der Waals surface area contributed by atoms with Crippen LogP contribution < -0.4 is 10.6 Å². The second kappa shape index (κ2) is 7.87. The van der Waals surface area contributed by atoms with Crippen molar-refractivity contribution in [3.63, 3.8) is 0 Å². The first-order valence-corrected chi connectivity index (χ1v) is 9.06. The first kappa shape index (κ1) is 17.7. The minimum Gasteiger partial charge on any atom is -0.368 e. The summed E-state index contributed by atoms with van der Waals surface area (Å²) in [6, 6.07) is 17.4. The number of aromatic nitrogens is 4. The number of carbonyl (C=O) groups excluding carboxylic acids is 1. The molecule has 4 aromatic rings. The van der Waals surface area contributed by atoms with Gasteiger partial charge in [-0.25, -0.2) is 9.50 Å². The number of hydrogen-bond acceptors (Lipinski definition) is 5. The summed E-state index contributed by atoms with van der Waals surface area (Å²) in [5.41, 5.74) is 4.32. The maximum absolute atomic E-state index is 11.3. The molecule has 4 rings (SSSR count). The average Bonchev–Trinajstić information content (AvgIpc) is 3.12. The van der Waals surface area contributed by atoms with Crippen molar-refractivity contribution in [1.82, 2.24) is 19.6 Å². The molecule has 140 valence electrons. The molecule has 0 spiro atoms.